The Kier molecular flexibility index (Phi) is 2.02. The third kappa shape index (κ3) is 1.50. The first-order chi connectivity index (χ1) is 6.77. The van der Waals surface area contributed by atoms with Gasteiger partial charge in [0.1, 0.15) is 0 Å². The molecule has 0 spiro atoms. The fraction of sp³-hybridized carbons (Fsp3) is 0. The molecule has 2 N–H and O–H groups in total. The molecule has 14 heavy (non-hydrogen) atoms. The first kappa shape index (κ1) is 8.50. The predicted octanol–water partition coefficient (Wildman–Crippen LogP) is 1.70. The van der Waals surface area contributed by atoms with Gasteiger partial charge in [0.25, 0.3) is 0 Å². The number of anilines is 1. The highest BCUT2D eigenvalue weighted by atomic mass is 16.4. The Balaban J connectivity index is 2.49. The van der Waals surface area contributed by atoms with E-state index in [-0.39, 0.29) is 5.56 Å². The fourth-order valence-electron chi connectivity index (χ4n) is 1.23. The maximum absolute atomic E-state index is 10.7. The number of nitrogens with one attached hydrogen (secondary N) is 1. The zero-order valence-corrected chi connectivity index (χ0v) is 7.27. The van der Waals surface area contributed by atoms with Crippen molar-refractivity contribution in [2.75, 3.05) is 5.32 Å². The van der Waals surface area contributed by atoms with Crippen LogP contribution in [0.25, 0.3) is 0 Å². The van der Waals surface area contributed by atoms with Gasteiger partial charge < -0.3 is 10.4 Å². The first-order valence-electron chi connectivity index (χ1n) is 4.09. The minimum absolute atomic E-state index is 0.263. The van der Waals surface area contributed by atoms with Crippen LogP contribution in [0.4, 0.5) is 5.69 Å². The number of aromatic carboxylic acids is 1. The van der Waals surface area contributed by atoms with Crippen molar-refractivity contribution in [1.29, 1.82) is 0 Å². The van der Waals surface area contributed by atoms with Crippen molar-refractivity contribution in [2.45, 2.75) is 0 Å². The average molecular weight is 188 g/mol. The van der Waals surface area contributed by atoms with Crippen molar-refractivity contribution >= 4 is 17.9 Å². The fourth-order valence-corrected chi connectivity index (χ4v) is 1.23. The van der Waals surface area contributed by atoms with Crippen LogP contribution in [0, 0.1) is 0 Å². The monoisotopic (exact) mass is 188 g/mol. The zero-order chi connectivity index (χ0) is 9.97. The van der Waals surface area contributed by atoms with Crippen LogP contribution in [0.15, 0.2) is 35.6 Å². The Bertz CT molecular complexity index is 436. The van der Waals surface area contributed by atoms with Crippen molar-refractivity contribution in [3.05, 3.63) is 41.7 Å². The molecule has 0 atom stereocenters. The number of nitrogens with zero attached hydrogens (tertiary/aromatic N) is 1. The lowest BCUT2D eigenvalue weighted by Crippen LogP contribution is -1.99. The molecule has 2 rings (SSSR count). The quantitative estimate of drug-likeness (QED) is 0.705. The van der Waals surface area contributed by atoms with Crippen LogP contribution in [0.5, 0.6) is 0 Å². The van der Waals surface area contributed by atoms with Crippen LogP contribution in [0.1, 0.15) is 15.9 Å². The van der Waals surface area contributed by atoms with Crippen LogP contribution in [-0.2, 0) is 0 Å². The van der Waals surface area contributed by atoms with E-state index >= 15 is 0 Å². The smallest absolute Gasteiger partial charge is 0.335 e. The molecular formula is C10H8N2O2. The van der Waals surface area contributed by atoms with Gasteiger partial charge in [-0.15, -0.1) is 0 Å². The summed E-state index contributed by atoms with van der Waals surface area (Å²) in [4.78, 5) is 14.6. The van der Waals surface area contributed by atoms with Crippen LogP contribution < -0.4 is 5.32 Å². The van der Waals surface area contributed by atoms with Crippen molar-refractivity contribution in [3.8, 4) is 0 Å². The zero-order valence-electron chi connectivity index (χ0n) is 7.27. The second-order valence-corrected chi connectivity index (χ2v) is 2.85. The van der Waals surface area contributed by atoms with Crippen LogP contribution in [0.3, 0.4) is 0 Å². The summed E-state index contributed by atoms with van der Waals surface area (Å²) in [6, 6.07) is 4.86. The molecule has 70 valence electrons. The number of carbonyl (C=O) groups is 1. The molecule has 1 aliphatic rings. The third-order valence-electron chi connectivity index (χ3n) is 1.91. The van der Waals surface area contributed by atoms with E-state index in [1.165, 1.54) is 0 Å². The highest BCUT2D eigenvalue weighted by molar-refractivity contribution is 5.95. The van der Waals surface area contributed by atoms with Gasteiger partial charge >= 0.3 is 5.97 Å². The Labute approximate surface area is 80.6 Å². The maximum Gasteiger partial charge on any atom is 0.335 e. The molecule has 0 aliphatic carbocycles. The molecule has 0 radical (unpaired) electrons. The molecule has 0 unspecified atom stereocenters. The number of fused-ring (bicyclic) bond motifs is 1. The third-order valence-corrected chi connectivity index (χ3v) is 1.91. The molecule has 4 nitrogen and oxygen atoms in total. The molecule has 1 aromatic rings. The number of hydrogen-bond acceptors (Lipinski definition) is 3. The number of benzene rings is 1. The van der Waals surface area contributed by atoms with Crippen molar-refractivity contribution in [1.82, 2.24) is 0 Å². The van der Waals surface area contributed by atoms with Gasteiger partial charge in [0, 0.05) is 29.9 Å². The van der Waals surface area contributed by atoms with Crippen LogP contribution in [-0.4, -0.2) is 17.3 Å². The molecular weight excluding hydrogens is 180 g/mol. The van der Waals surface area contributed by atoms with Gasteiger partial charge in [0.15, 0.2) is 0 Å². The van der Waals surface area contributed by atoms with E-state index in [4.69, 9.17) is 5.11 Å². The Morgan fingerprint density at radius 2 is 2.29 bits per heavy atom. The van der Waals surface area contributed by atoms with E-state index in [2.05, 4.69) is 10.3 Å². The summed E-state index contributed by atoms with van der Waals surface area (Å²) in [5, 5.41) is 11.8. The highest BCUT2D eigenvalue weighted by Gasteiger charge is 2.06. The summed E-state index contributed by atoms with van der Waals surface area (Å²) >= 11 is 0. The van der Waals surface area contributed by atoms with Gasteiger partial charge in [-0.3, -0.25) is 4.99 Å². The van der Waals surface area contributed by atoms with Gasteiger partial charge in [0.2, 0.25) is 0 Å². The summed E-state index contributed by atoms with van der Waals surface area (Å²) in [5.74, 6) is -0.932. The number of carboxylic acid groups (broad SMARTS) is 1. The van der Waals surface area contributed by atoms with Crippen LogP contribution >= 0.6 is 0 Å². The molecule has 0 bridgehead atoms. The number of carboxylic acids is 1. The van der Waals surface area contributed by atoms with E-state index in [1.54, 1.807) is 36.8 Å². The standard InChI is InChI=1S/C10H8N2O2/c13-10(14)7-1-2-9-8(5-7)6-11-3-4-12-9/h1-6,12H,(H,13,14). The van der Waals surface area contributed by atoms with E-state index in [1.807, 2.05) is 0 Å². The average Bonchev–Trinajstić information content (AvgIpc) is 2.41. The SMILES string of the molecule is O=C(O)c1ccc2c(c1)C=NC=CN2. The van der Waals surface area contributed by atoms with E-state index in [0.29, 0.717) is 0 Å². The highest BCUT2D eigenvalue weighted by Crippen LogP contribution is 2.17. The van der Waals surface area contributed by atoms with Crippen LogP contribution in [0.2, 0.25) is 0 Å². The molecule has 0 fully saturated rings. The Hall–Kier alpha value is -2.10. The molecule has 0 saturated carbocycles. The van der Waals surface area contributed by atoms with Gasteiger partial charge in [-0.1, -0.05) is 0 Å². The summed E-state index contributed by atoms with van der Waals surface area (Å²) in [7, 11) is 0. The van der Waals surface area contributed by atoms with E-state index in [9.17, 15) is 4.79 Å². The van der Waals surface area contributed by atoms with Crippen molar-refractivity contribution in [2.24, 2.45) is 4.99 Å². The second kappa shape index (κ2) is 3.33. The lowest BCUT2D eigenvalue weighted by atomic mass is 10.1. The second-order valence-electron chi connectivity index (χ2n) is 2.85. The Morgan fingerprint density at radius 1 is 1.43 bits per heavy atom. The summed E-state index contributed by atoms with van der Waals surface area (Å²) in [6.07, 6.45) is 4.93. The predicted molar refractivity (Wildman–Crippen MR) is 53.8 cm³/mol. The molecule has 1 aliphatic heterocycles. The molecule has 0 amide bonds. The molecule has 0 aromatic heterocycles. The molecule has 1 heterocycles. The maximum atomic E-state index is 10.7. The van der Waals surface area contributed by atoms with Gasteiger partial charge in [-0.25, -0.2) is 4.79 Å². The lowest BCUT2D eigenvalue weighted by molar-refractivity contribution is 0.0697. The summed E-state index contributed by atoms with van der Waals surface area (Å²) in [5.41, 5.74) is 1.89. The minimum atomic E-state index is -0.932. The topological polar surface area (TPSA) is 61.7 Å². The number of rotatable bonds is 1. The Morgan fingerprint density at radius 3 is 3.07 bits per heavy atom. The molecule has 4 heteroatoms. The number of hydrogen-bond donors (Lipinski definition) is 2. The number of aliphatic imine (C=N–C) groups is 1. The van der Waals surface area contributed by atoms with E-state index in [0.717, 1.165) is 11.3 Å². The van der Waals surface area contributed by atoms with Gasteiger partial charge in [0.05, 0.1) is 5.56 Å². The lowest BCUT2D eigenvalue weighted by Gasteiger charge is -2.04. The van der Waals surface area contributed by atoms with E-state index < -0.39 is 5.97 Å². The minimum Gasteiger partial charge on any atom is -0.478 e. The largest absolute Gasteiger partial charge is 0.478 e. The molecule has 0 saturated heterocycles. The van der Waals surface area contributed by atoms with Crippen molar-refractivity contribution in [3.63, 3.8) is 0 Å². The van der Waals surface area contributed by atoms with Gasteiger partial charge in [-0.2, -0.15) is 0 Å². The van der Waals surface area contributed by atoms with Gasteiger partial charge in [-0.05, 0) is 18.2 Å². The summed E-state index contributed by atoms with van der Waals surface area (Å²) < 4.78 is 0. The summed E-state index contributed by atoms with van der Waals surface area (Å²) in [6.45, 7) is 0. The normalized spacial score (nSPS) is 12.9. The first-order valence-corrected chi connectivity index (χ1v) is 4.09. The molecule has 1 aromatic carbocycles. The van der Waals surface area contributed by atoms with Crippen molar-refractivity contribution < 1.29 is 9.90 Å².